The fraction of sp³-hybridized carbons (Fsp3) is 0.467. The number of anilines is 1. The Labute approximate surface area is 143 Å². The van der Waals surface area contributed by atoms with E-state index in [0.717, 1.165) is 20.9 Å². The largest absolute Gasteiger partial charge is 0.375 e. The summed E-state index contributed by atoms with van der Waals surface area (Å²) in [5.41, 5.74) is 1.97. The van der Waals surface area contributed by atoms with Gasteiger partial charge in [0.15, 0.2) is 5.15 Å². The van der Waals surface area contributed by atoms with Gasteiger partial charge in [0.25, 0.3) is 0 Å². The highest BCUT2D eigenvalue weighted by atomic mass is 79.9. The highest BCUT2D eigenvalue weighted by molar-refractivity contribution is 9.10. The van der Waals surface area contributed by atoms with Crippen molar-refractivity contribution in [2.24, 2.45) is 0 Å². The average Bonchev–Trinajstić information content (AvgIpc) is 2.76. The number of rotatable bonds is 3. The first kappa shape index (κ1) is 16.7. The molecule has 0 saturated carbocycles. The number of nitrogens with one attached hydrogen (secondary N) is 1. The standard InChI is InChI=1S/C15H19BrClN3S/c1-8(19-11-6-10(16)7-18-13(11)17)12-9(2)20-14(21-12)15(3,4)5/h6-8,19H,1-5H3. The molecule has 2 rings (SSSR count). The van der Waals surface area contributed by atoms with Crippen LogP contribution < -0.4 is 5.32 Å². The smallest absolute Gasteiger partial charge is 0.152 e. The van der Waals surface area contributed by atoms with Crippen LogP contribution in [0.25, 0.3) is 0 Å². The van der Waals surface area contributed by atoms with Crippen LogP contribution in [-0.2, 0) is 5.41 Å². The van der Waals surface area contributed by atoms with Crippen molar-refractivity contribution >= 4 is 44.6 Å². The Morgan fingerprint density at radius 1 is 1.38 bits per heavy atom. The molecule has 21 heavy (non-hydrogen) atoms. The van der Waals surface area contributed by atoms with E-state index in [1.165, 1.54) is 4.88 Å². The molecule has 0 aromatic carbocycles. The molecule has 0 aliphatic heterocycles. The minimum absolute atomic E-state index is 0.0718. The Hall–Kier alpha value is -0.650. The van der Waals surface area contributed by atoms with E-state index < -0.39 is 0 Å². The van der Waals surface area contributed by atoms with Crippen LogP contribution in [0.15, 0.2) is 16.7 Å². The van der Waals surface area contributed by atoms with Gasteiger partial charge in [0.2, 0.25) is 0 Å². The van der Waals surface area contributed by atoms with Crippen molar-refractivity contribution in [2.75, 3.05) is 5.32 Å². The third-order valence-corrected chi connectivity index (χ3v) is 5.55. The van der Waals surface area contributed by atoms with Gasteiger partial charge in [0.1, 0.15) is 0 Å². The quantitative estimate of drug-likeness (QED) is 0.682. The Bertz CT molecular complexity index is 649. The summed E-state index contributed by atoms with van der Waals surface area (Å²) >= 11 is 11.3. The summed E-state index contributed by atoms with van der Waals surface area (Å²) in [6, 6.07) is 2.07. The predicted octanol–water partition coefficient (Wildman–Crippen LogP) is 5.73. The van der Waals surface area contributed by atoms with Crippen LogP contribution in [0.3, 0.4) is 0 Å². The zero-order chi connectivity index (χ0) is 15.8. The van der Waals surface area contributed by atoms with Crippen LogP contribution in [-0.4, -0.2) is 9.97 Å². The lowest BCUT2D eigenvalue weighted by molar-refractivity contribution is 0.584. The van der Waals surface area contributed by atoms with Crippen LogP contribution in [0.1, 0.15) is 49.3 Å². The zero-order valence-corrected chi connectivity index (χ0v) is 15.9. The molecule has 2 aromatic rings. The van der Waals surface area contributed by atoms with Crippen molar-refractivity contribution in [1.82, 2.24) is 9.97 Å². The van der Waals surface area contributed by atoms with Crippen LogP contribution in [0.5, 0.6) is 0 Å². The lowest BCUT2D eigenvalue weighted by atomic mass is 9.98. The molecule has 3 nitrogen and oxygen atoms in total. The second-order valence-corrected chi connectivity index (χ2v) is 8.38. The Morgan fingerprint density at radius 3 is 2.62 bits per heavy atom. The number of pyridine rings is 1. The molecular formula is C15H19BrClN3S. The number of thiazole rings is 1. The van der Waals surface area contributed by atoms with E-state index in [4.69, 9.17) is 16.6 Å². The van der Waals surface area contributed by atoms with E-state index in [1.54, 1.807) is 17.5 Å². The minimum atomic E-state index is 0.0718. The van der Waals surface area contributed by atoms with E-state index in [1.807, 2.05) is 6.07 Å². The van der Waals surface area contributed by atoms with E-state index in [0.29, 0.717) is 5.15 Å². The molecule has 1 atom stereocenters. The second-order valence-electron chi connectivity index (χ2n) is 6.08. The summed E-state index contributed by atoms with van der Waals surface area (Å²) in [6.07, 6.45) is 1.69. The van der Waals surface area contributed by atoms with Gasteiger partial charge in [-0.15, -0.1) is 11.3 Å². The molecule has 0 fully saturated rings. The van der Waals surface area contributed by atoms with E-state index in [9.17, 15) is 0 Å². The number of hydrogen-bond acceptors (Lipinski definition) is 4. The first-order chi connectivity index (χ1) is 9.68. The summed E-state index contributed by atoms with van der Waals surface area (Å²) in [7, 11) is 0. The van der Waals surface area contributed by atoms with Gasteiger partial charge in [-0.25, -0.2) is 9.97 Å². The van der Waals surface area contributed by atoms with E-state index >= 15 is 0 Å². The number of aryl methyl sites for hydroxylation is 1. The van der Waals surface area contributed by atoms with E-state index in [-0.39, 0.29) is 11.5 Å². The first-order valence-corrected chi connectivity index (χ1v) is 8.72. The van der Waals surface area contributed by atoms with Crippen LogP contribution in [0, 0.1) is 6.92 Å². The van der Waals surface area contributed by atoms with Crippen LogP contribution in [0.4, 0.5) is 5.69 Å². The van der Waals surface area contributed by atoms with Gasteiger partial charge in [0.05, 0.1) is 22.4 Å². The molecule has 2 aromatic heterocycles. The average molecular weight is 389 g/mol. The Kier molecular flexibility index (Phi) is 4.96. The highest BCUT2D eigenvalue weighted by Crippen LogP contribution is 2.35. The third kappa shape index (κ3) is 3.96. The number of nitrogens with zero attached hydrogens (tertiary/aromatic N) is 2. The minimum Gasteiger partial charge on any atom is -0.375 e. The highest BCUT2D eigenvalue weighted by Gasteiger charge is 2.22. The van der Waals surface area contributed by atoms with Gasteiger partial charge in [0, 0.05) is 21.0 Å². The molecule has 0 aliphatic carbocycles. The first-order valence-electron chi connectivity index (χ1n) is 6.74. The molecule has 0 radical (unpaired) electrons. The molecule has 2 heterocycles. The fourth-order valence-corrected chi connectivity index (χ4v) is 3.57. The molecule has 0 saturated heterocycles. The van der Waals surface area contributed by atoms with Crippen molar-refractivity contribution in [3.8, 4) is 0 Å². The van der Waals surface area contributed by atoms with Gasteiger partial charge in [-0.05, 0) is 35.8 Å². The van der Waals surface area contributed by atoms with Crippen LogP contribution in [0.2, 0.25) is 5.15 Å². The summed E-state index contributed by atoms with van der Waals surface area (Å²) in [4.78, 5) is 10.1. The number of hydrogen-bond donors (Lipinski definition) is 1. The summed E-state index contributed by atoms with van der Waals surface area (Å²) < 4.78 is 0.901. The van der Waals surface area contributed by atoms with E-state index in [2.05, 4.69) is 60.8 Å². The maximum Gasteiger partial charge on any atom is 0.152 e. The molecule has 1 unspecified atom stereocenters. The van der Waals surface area contributed by atoms with Crippen molar-refractivity contribution in [2.45, 2.75) is 46.1 Å². The van der Waals surface area contributed by atoms with Crippen molar-refractivity contribution in [1.29, 1.82) is 0 Å². The number of aromatic nitrogens is 2. The molecule has 0 spiro atoms. The fourth-order valence-electron chi connectivity index (χ4n) is 1.95. The Morgan fingerprint density at radius 2 is 2.05 bits per heavy atom. The summed E-state index contributed by atoms with van der Waals surface area (Å²) in [5, 5.41) is 5.05. The molecule has 6 heteroatoms. The van der Waals surface area contributed by atoms with Gasteiger partial charge < -0.3 is 5.32 Å². The lowest BCUT2D eigenvalue weighted by Crippen LogP contribution is -2.10. The molecule has 0 bridgehead atoms. The topological polar surface area (TPSA) is 37.8 Å². The predicted molar refractivity (Wildman–Crippen MR) is 94.5 cm³/mol. The second kappa shape index (κ2) is 6.23. The SMILES string of the molecule is Cc1nc(C(C)(C)C)sc1C(C)Nc1cc(Br)cnc1Cl. The van der Waals surface area contributed by atoms with Gasteiger partial charge in [-0.3, -0.25) is 0 Å². The maximum absolute atomic E-state index is 6.14. The lowest BCUT2D eigenvalue weighted by Gasteiger charge is -2.16. The summed E-state index contributed by atoms with van der Waals surface area (Å²) in [5.74, 6) is 0. The van der Waals surface area contributed by atoms with Gasteiger partial charge >= 0.3 is 0 Å². The maximum atomic E-state index is 6.14. The van der Waals surface area contributed by atoms with Crippen molar-refractivity contribution < 1.29 is 0 Å². The van der Waals surface area contributed by atoms with Crippen LogP contribution >= 0.6 is 38.9 Å². The summed E-state index contributed by atoms with van der Waals surface area (Å²) in [6.45, 7) is 10.7. The van der Waals surface area contributed by atoms with Crippen molar-refractivity contribution in [3.63, 3.8) is 0 Å². The molecular weight excluding hydrogens is 370 g/mol. The third-order valence-electron chi connectivity index (χ3n) is 3.05. The molecule has 0 amide bonds. The zero-order valence-electron chi connectivity index (χ0n) is 12.8. The Balaban J connectivity index is 2.26. The van der Waals surface area contributed by atoms with Crippen molar-refractivity contribution in [3.05, 3.63) is 37.5 Å². The number of halogens is 2. The monoisotopic (exact) mass is 387 g/mol. The van der Waals surface area contributed by atoms with Gasteiger partial charge in [-0.2, -0.15) is 0 Å². The molecule has 114 valence electrons. The molecule has 1 N–H and O–H groups in total. The normalized spacial score (nSPS) is 13.3. The molecule has 0 aliphatic rings. The van der Waals surface area contributed by atoms with Gasteiger partial charge in [-0.1, -0.05) is 32.4 Å².